The molecule has 15 heavy (non-hydrogen) atoms. The predicted molar refractivity (Wildman–Crippen MR) is 67.0 cm³/mol. The van der Waals surface area contributed by atoms with Gasteiger partial charge in [-0.25, -0.2) is 4.98 Å². The van der Waals surface area contributed by atoms with Crippen LogP contribution in [0, 0.1) is 0 Å². The minimum atomic E-state index is 0.603. The van der Waals surface area contributed by atoms with Crippen molar-refractivity contribution in [1.29, 1.82) is 0 Å². The van der Waals surface area contributed by atoms with Crippen LogP contribution in [0.4, 0.5) is 0 Å². The van der Waals surface area contributed by atoms with Crippen molar-refractivity contribution in [2.24, 2.45) is 0 Å². The van der Waals surface area contributed by atoms with Crippen LogP contribution in [0.5, 0.6) is 0 Å². The largest absolute Gasteiger partial charge is 0.241 e. The first-order valence-electron chi connectivity index (χ1n) is 4.56. The maximum absolute atomic E-state index is 6.09. The molecular formula is C11H9Cl2NS. The number of aromatic nitrogens is 1. The number of halogens is 2. The number of rotatable bonds is 3. The molecule has 0 spiro atoms. The Balaban J connectivity index is 2.33. The van der Waals surface area contributed by atoms with Crippen LogP contribution >= 0.6 is 34.5 Å². The van der Waals surface area contributed by atoms with Crippen LogP contribution < -0.4 is 0 Å². The second kappa shape index (κ2) is 4.97. The Labute approximate surface area is 103 Å². The van der Waals surface area contributed by atoms with E-state index in [9.17, 15) is 0 Å². The molecule has 0 aliphatic carbocycles. The van der Waals surface area contributed by atoms with Crippen LogP contribution in [-0.2, 0) is 6.42 Å². The van der Waals surface area contributed by atoms with Gasteiger partial charge in [0, 0.05) is 23.2 Å². The maximum Gasteiger partial charge on any atom is 0.125 e. The molecule has 0 N–H and O–H groups in total. The molecule has 0 aliphatic rings. The second-order valence-electron chi connectivity index (χ2n) is 3.06. The van der Waals surface area contributed by atoms with E-state index < -0.39 is 0 Å². The first-order valence-corrected chi connectivity index (χ1v) is 6.36. The average molecular weight is 258 g/mol. The van der Waals surface area contributed by atoms with Crippen molar-refractivity contribution in [3.05, 3.63) is 40.4 Å². The Morgan fingerprint density at radius 3 is 2.80 bits per heavy atom. The van der Waals surface area contributed by atoms with Crippen molar-refractivity contribution in [2.45, 2.75) is 6.42 Å². The lowest BCUT2D eigenvalue weighted by Crippen LogP contribution is -1.86. The lowest BCUT2D eigenvalue weighted by atomic mass is 10.2. The van der Waals surface area contributed by atoms with Crippen molar-refractivity contribution in [1.82, 2.24) is 4.98 Å². The lowest BCUT2D eigenvalue weighted by molar-refractivity contribution is 1.07. The molecule has 4 heteroatoms. The Hall–Kier alpha value is -0.570. The fourth-order valence-electron chi connectivity index (χ4n) is 1.28. The van der Waals surface area contributed by atoms with E-state index in [2.05, 4.69) is 4.98 Å². The molecule has 0 atom stereocenters. The zero-order valence-electron chi connectivity index (χ0n) is 7.91. The first-order chi connectivity index (χ1) is 7.31. The highest BCUT2D eigenvalue weighted by Crippen LogP contribution is 2.30. The van der Waals surface area contributed by atoms with Crippen LogP contribution in [0.3, 0.4) is 0 Å². The maximum atomic E-state index is 6.09. The molecule has 2 rings (SSSR count). The lowest BCUT2D eigenvalue weighted by Gasteiger charge is -1.98. The molecule has 0 bridgehead atoms. The zero-order chi connectivity index (χ0) is 10.7. The normalized spacial score (nSPS) is 10.5. The van der Waals surface area contributed by atoms with Crippen LogP contribution in [-0.4, -0.2) is 10.9 Å². The molecular weight excluding hydrogens is 249 g/mol. The summed E-state index contributed by atoms with van der Waals surface area (Å²) >= 11 is 13.3. The fraction of sp³-hybridized carbons (Fsp3) is 0.182. The number of nitrogens with zero attached hydrogens (tertiary/aromatic N) is 1. The molecule has 0 radical (unpaired) electrons. The van der Waals surface area contributed by atoms with Gasteiger partial charge in [0.1, 0.15) is 5.01 Å². The summed E-state index contributed by atoms with van der Waals surface area (Å²) in [6, 6.07) is 7.73. The Morgan fingerprint density at radius 2 is 2.07 bits per heavy atom. The number of benzene rings is 1. The van der Waals surface area contributed by atoms with Crippen LogP contribution in [0.15, 0.2) is 29.6 Å². The molecule has 0 aliphatic heterocycles. The highest BCUT2D eigenvalue weighted by atomic mass is 35.5. The van der Waals surface area contributed by atoms with E-state index in [0.717, 1.165) is 27.7 Å². The van der Waals surface area contributed by atoms with E-state index in [4.69, 9.17) is 23.2 Å². The van der Waals surface area contributed by atoms with Gasteiger partial charge in [-0.05, 0) is 6.07 Å². The van der Waals surface area contributed by atoms with Gasteiger partial charge in [0.25, 0.3) is 0 Å². The highest BCUT2D eigenvalue weighted by molar-refractivity contribution is 7.13. The summed E-state index contributed by atoms with van der Waals surface area (Å²) in [5.41, 5.74) is 2.02. The summed E-state index contributed by atoms with van der Waals surface area (Å²) < 4.78 is 0. The topological polar surface area (TPSA) is 12.9 Å². The van der Waals surface area contributed by atoms with Crippen molar-refractivity contribution >= 4 is 34.5 Å². The van der Waals surface area contributed by atoms with E-state index in [1.165, 1.54) is 0 Å². The van der Waals surface area contributed by atoms with Gasteiger partial charge >= 0.3 is 0 Å². The molecule has 1 aromatic heterocycles. The van der Waals surface area contributed by atoms with Gasteiger partial charge in [-0.15, -0.1) is 22.9 Å². The van der Waals surface area contributed by atoms with E-state index in [-0.39, 0.29) is 0 Å². The monoisotopic (exact) mass is 257 g/mol. The Kier molecular flexibility index (Phi) is 3.62. The third-order valence-electron chi connectivity index (χ3n) is 2.01. The van der Waals surface area contributed by atoms with Crippen molar-refractivity contribution in [2.75, 3.05) is 5.88 Å². The fourth-order valence-corrected chi connectivity index (χ4v) is 2.65. The molecule has 78 valence electrons. The highest BCUT2D eigenvalue weighted by Gasteiger charge is 2.07. The number of aryl methyl sites for hydroxylation is 1. The van der Waals surface area contributed by atoms with Gasteiger partial charge < -0.3 is 0 Å². The smallest absolute Gasteiger partial charge is 0.125 e. The van der Waals surface area contributed by atoms with Gasteiger partial charge in [-0.3, -0.25) is 0 Å². The van der Waals surface area contributed by atoms with E-state index in [0.29, 0.717) is 5.88 Å². The number of alkyl halides is 1. The zero-order valence-corrected chi connectivity index (χ0v) is 10.2. The summed E-state index contributed by atoms with van der Waals surface area (Å²) in [4.78, 5) is 4.48. The van der Waals surface area contributed by atoms with Crippen LogP contribution in [0.25, 0.3) is 10.6 Å². The average Bonchev–Trinajstić information content (AvgIpc) is 2.68. The molecule has 0 saturated heterocycles. The number of hydrogen-bond donors (Lipinski definition) is 0. The van der Waals surface area contributed by atoms with Crippen molar-refractivity contribution in [3.8, 4) is 10.6 Å². The summed E-state index contributed by atoms with van der Waals surface area (Å²) in [5.74, 6) is 0.603. The number of hydrogen-bond acceptors (Lipinski definition) is 2. The van der Waals surface area contributed by atoms with Gasteiger partial charge in [0.15, 0.2) is 0 Å². The summed E-state index contributed by atoms with van der Waals surface area (Å²) in [5, 5.41) is 3.73. The van der Waals surface area contributed by atoms with Crippen molar-refractivity contribution < 1.29 is 0 Å². The molecule has 0 saturated carbocycles. The number of thiazole rings is 1. The van der Waals surface area contributed by atoms with E-state index >= 15 is 0 Å². The summed E-state index contributed by atoms with van der Waals surface area (Å²) in [6.45, 7) is 0. The molecule has 0 amide bonds. The minimum Gasteiger partial charge on any atom is -0.241 e. The van der Waals surface area contributed by atoms with E-state index in [1.807, 2.05) is 29.6 Å². The molecule has 1 heterocycles. The quantitative estimate of drug-likeness (QED) is 0.750. The van der Waals surface area contributed by atoms with Gasteiger partial charge in [0.05, 0.1) is 10.7 Å². The minimum absolute atomic E-state index is 0.603. The molecule has 0 fully saturated rings. The summed E-state index contributed by atoms with van der Waals surface area (Å²) in [7, 11) is 0. The third-order valence-corrected chi connectivity index (χ3v) is 3.45. The molecule has 2 aromatic rings. The Morgan fingerprint density at radius 1 is 1.27 bits per heavy atom. The van der Waals surface area contributed by atoms with E-state index in [1.54, 1.807) is 11.3 Å². The summed E-state index contributed by atoms with van der Waals surface area (Å²) in [6.07, 6.45) is 0.808. The van der Waals surface area contributed by atoms with Crippen LogP contribution in [0.1, 0.15) is 5.69 Å². The van der Waals surface area contributed by atoms with Gasteiger partial charge in [0.2, 0.25) is 0 Å². The van der Waals surface area contributed by atoms with Crippen molar-refractivity contribution in [3.63, 3.8) is 0 Å². The second-order valence-corrected chi connectivity index (χ2v) is 4.71. The van der Waals surface area contributed by atoms with Crippen LogP contribution in [0.2, 0.25) is 5.02 Å². The third kappa shape index (κ3) is 2.51. The predicted octanol–water partition coefficient (Wildman–Crippen LogP) is 4.24. The molecule has 1 nitrogen and oxygen atoms in total. The molecule has 1 aromatic carbocycles. The SMILES string of the molecule is ClCCc1csc(-c2ccccc2Cl)n1. The standard InChI is InChI=1S/C11H9Cl2NS/c12-6-5-8-7-15-11(14-8)9-3-1-2-4-10(9)13/h1-4,7H,5-6H2. The molecule has 0 unspecified atom stereocenters. The Bertz CT molecular complexity index is 453. The first kappa shape index (κ1) is 10.9. The van der Waals surface area contributed by atoms with Gasteiger partial charge in [-0.1, -0.05) is 29.8 Å². The van der Waals surface area contributed by atoms with Gasteiger partial charge in [-0.2, -0.15) is 0 Å².